The Hall–Kier alpha value is -1.65. The summed E-state index contributed by atoms with van der Waals surface area (Å²) in [6.45, 7) is 3.88. The van der Waals surface area contributed by atoms with Gasteiger partial charge in [-0.1, -0.05) is 36.9 Å². The molecule has 0 amide bonds. The van der Waals surface area contributed by atoms with Gasteiger partial charge in [0, 0.05) is 18.0 Å². The Kier molecular flexibility index (Phi) is 5.39. The van der Waals surface area contributed by atoms with Gasteiger partial charge in [-0.05, 0) is 7.05 Å². The van der Waals surface area contributed by atoms with Crippen LogP contribution in [0.2, 0.25) is 0 Å². The van der Waals surface area contributed by atoms with Crippen LogP contribution in [0.4, 0.5) is 0 Å². The first-order valence-corrected chi connectivity index (χ1v) is 6.15. The van der Waals surface area contributed by atoms with Gasteiger partial charge >= 0.3 is 0 Å². The van der Waals surface area contributed by atoms with E-state index in [0.717, 1.165) is 22.0 Å². The predicted molar refractivity (Wildman–Crippen MR) is 75.8 cm³/mol. The first kappa shape index (κ1) is 13.4. The third kappa shape index (κ3) is 3.41. The van der Waals surface area contributed by atoms with Crippen molar-refractivity contribution in [2.45, 2.75) is 0 Å². The normalized spacial score (nSPS) is 9.12. The lowest BCUT2D eigenvalue weighted by molar-refractivity contribution is 1.11. The number of nitrogens with two attached hydrogens (primary N) is 1. The molecule has 0 saturated carbocycles. The van der Waals surface area contributed by atoms with Crippen LogP contribution in [0.3, 0.4) is 0 Å². The van der Waals surface area contributed by atoms with E-state index in [1.165, 1.54) is 7.05 Å². The molecule has 3 N–H and O–H groups in total. The number of nitrogens with one attached hydrogen (secondary N) is 1. The molecule has 0 unspecified atom stereocenters. The van der Waals surface area contributed by atoms with Crippen LogP contribution >= 0.6 is 11.3 Å². The van der Waals surface area contributed by atoms with E-state index in [1.807, 2.05) is 30.6 Å². The van der Waals surface area contributed by atoms with Crippen molar-refractivity contribution in [3.05, 3.63) is 48.0 Å². The number of aromatic nitrogens is 1. The Morgan fingerprint density at radius 3 is 2.53 bits per heavy atom. The molecule has 0 fully saturated rings. The Labute approximate surface area is 106 Å². The van der Waals surface area contributed by atoms with E-state index in [0.29, 0.717) is 0 Å². The van der Waals surface area contributed by atoms with Crippen LogP contribution in [0.25, 0.3) is 16.3 Å². The van der Waals surface area contributed by atoms with Crippen LogP contribution in [0.1, 0.15) is 5.69 Å². The van der Waals surface area contributed by atoms with Crippen molar-refractivity contribution in [1.29, 1.82) is 0 Å². The molecule has 17 heavy (non-hydrogen) atoms. The number of rotatable bonds is 3. The smallest absolute Gasteiger partial charge is 0.124 e. The van der Waals surface area contributed by atoms with Gasteiger partial charge in [0.05, 0.1) is 11.4 Å². The van der Waals surface area contributed by atoms with Gasteiger partial charge in [0.2, 0.25) is 0 Å². The van der Waals surface area contributed by atoms with E-state index >= 15 is 0 Å². The van der Waals surface area contributed by atoms with Gasteiger partial charge in [0.1, 0.15) is 5.01 Å². The van der Waals surface area contributed by atoms with E-state index < -0.39 is 0 Å². The van der Waals surface area contributed by atoms with Gasteiger partial charge in [0.25, 0.3) is 0 Å². The molecule has 0 aliphatic heterocycles. The van der Waals surface area contributed by atoms with E-state index in [9.17, 15) is 0 Å². The summed E-state index contributed by atoms with van der Waals surface area (Å²) in [7, 11) is 3.35. The zero-order valence-electron chi connectivity index (χ0n) is 10.1. The van der Waals surface area contributed by atoms with Crippen molar-refractivity contribution < 1.29 is 0 Å². The molecule has 4 heteroatoms. The number of hydrogen-bond acceptors (Lipinski definition) is 4. The highest BCUT2D eigenvalue weighted by molar-refractivity contribution is 7.13. The Morgan fingerprint density at radius 1 is 1.29 bits per heavy atom. The SMILES string of the molecule is C=C(NC)c1csc(-c2ccccc2)n1.CN. The minimum Gasteiger partial charge on any atom is -0.387 e. The summed E-state index contributed by atoms with van der Waals surface area (Å²) >= 11 is 1.63. The van der Waals surface area contributed by atoms with Gasteiger partial charge < -0.3 is 11.1 Å². The second-order valence-electron chi connectivity index (χ2n) is 3.13. The second kappa shape index (κ2) is 6.83. The topological polar surface area (TPSA) is 50.9 Å². The monoisotopic (exact) mass is 247 g/mol. The van der Waals surface area contributed by atoms with Crippen molar-refractivity contribution in [3.63, 3.8) is 0 Å². The standard InChI is InChI=1S/C12H12N2S.CH5N/c1-9(13-2)11-8-15-12(14-11)10-6-4-3-5-7-10;1-2/h3-8,13H,1H2,2H3;2H2,1H3. The fraction of sp³-hybridized carbons (Fsp3) is 0.154. The van der Waals surface area contributed by atoms with Crippen LogP contribution in [0.5, 0.6) is 0 Å². The highest BCUT2D eigenvalue weighted by Gasteiger charge is 2.05. The molecule has 0 bridgehead atoms. The molecule has 1 heterocycles. The van der Waals surface area contributed by atoms with E-state index in [4.69, 9.17) is 0 Å². The van der Waals surface area contributed by atoms with E-state index in [2.05, 4.69) is 34.7 Å². The van der Waals surface area contributed by atoms with Crippen molar-refractivity contribution in [2.75, 3.05) is 14.1 Å². The lowest BCUT2D eigenvalue weighted by atomic mass is 10.2. The summed E-state index contributed by atoms with van der Waals surface area (Å²) < 4.78 is 0. The highest BCUT2D eigenvalue weighted by atomic mass is 32.1. The highest BCUT2D eigenvalue weighted by Crippen LogP contribution is 2.24. The van der Waals surface area contributed by atoms with Gasteiger partial charge in [-0.25, -0.2) is 4.98 Å². The molecule has 0 aliphatic rings. The molecule has 0 atom stereocenters. The molecule has 1 aromatic carbocycles. The van der Waals surface area contributed by atoms with Crippen molar-refractivity contribution in [1.82, 2.24) is 10.3 Å². The number of nitrogens with zero attached hydrogens (tertiary/aromatic N) is 1. The number of benzene rings is 1. The zero-order valence-corrected chi connectivity index (χ0v) is 10.9. The molecule has 0 saturated heterocycles. The fourth-order valence-corrected chi connectivity index (χ4v) is 2.10. The maximum atomic E-state index is 4.51. The van der Waals surface area contributed by atoms with Crippen LogP contribution in [0.15, 0.2) is 42.3 Å². The maximum Gasteiger partial charge on any atom is 0.124 e. The molecule has 2 aromatic rings. The molecule has 0 spiro atoms. The molecular weight excluding hydrogens is 230 g/mol. The van der Waals surface area contributed by atoms with E-state index in [-0.39, 0.29) is 0 Å². The van der Waals surface area contributed by atoms with Crippen molar-refractivity contribution in [3.8, 4) is 10.6 Å². The van der Waals surface area contributed by atoms with Gasteiger partial charge in [-0.3, -0.25) is 0 Å². The summed E-state index contributed by atoms with van der Waals surface area (Å²) in [6, 6.07) is 10.2. The van der Waals surface area contributed by atoms with E-state index in [1.54, 1.807) is 11.3 Å². The number of thiazole rings is 1. The molecule has 90 valence electrons. The maximum absolute atomic E-state index is 4.51. The summed E-state index contributed by atoms with van der Waals surface area (Å²) in [5.74, 6) is 0. The Bertz CT molecular complexity index is 463. The zero-order chi connectivity index (χ0) is 12.7. The Morgan fingerprint density at radius 2 is 1.94 bits per heavy atom. The fourth-order valence-electron chi connectivity index (χ4n) is 1.25. The third-order valence-corrected chi connectivity index (χ3v) is 3.03. The minimum absolute atomic E-state index is 0.855. The summed E-state index contributed by atoms with van der Waals surface area (Å²) in [5.41, 5.74) is 7.42. The molecule has 1 aromatic heterocycles. The summed E-state index contributed by atoms with van der Waals surface area (Å²) in [6.07, 6.45) is 0. The van der Waals surface area contributed by atoms with Crippen LogP contribution in [-0.2, 0) is 0 Å². The average Bonchev–Trinajstić information content (AvgIpc) is 2.91. The molecule has 0 radical (unpaired) electrons. The van der Waals surface area contributed by atoms with Crippen LogP contribution in [0, 0.1) is 0 Å². The largest absolute Gasteiger partial charge is 0.387 e. The van der Waals surface area contributed by atoms with Crippen molar-refractivity contribution in [2.24, 2.45) is 5.73 Å². The predicted octanol–water partition coefficient (Wildman–Crippen LogP) is 2.58. The number of hydrogen-bond donors (Lipinski definition) is 2. The first-order chi connectivity index (χ1) is 8.31. The quantitative estimate of drug-likeness (QED) is 0.876. The summed E-state index contributed by atoms with van der Waals surface area (Å²) in [5, 5.41) is 6.04. The lowest BCUT2D eigenvalue weighted by Crippen LogP contribution is -2.02. The van der Waals surface area contributed by atoms with Crippen LogP contribution < -0.4 is 11.1 Å². The minimum atomic E-state index is 0.855. The lowest BCUT2D eigenvalue weighted by Gasteiger charge is -1.98. The molecular formula is C13H17N3S. The van der Waals surface area contributed by atoms with Gasteiger partial charge in [0.15, 0.2) is 0 Å². The Balaban J connectivity index is 0.000000686. The first-order valence-electron chi connectivity index (χ1n) is 5.27. The van der Waals surface area contributed by atoms with Crippen molar-refractivity contribution >= 4 is 17.0 Å². The molecule has 2 rings (SSSR count). The second-order valence-corrected chi connectivity index (χ2v) is 3.99. The average molecular weight is 247 g/mol. The van der Waals surface area contributed by atoms with Gasteiger partial charge in [-0.2, -0.15) is 0 Å². The molecule has 0 aliphatic carbocycles. The molecule has 3 nitrogen and oxygen atoms in total. The third-order valence-electron chi connectivity index (χ3n) is 2.14. The van der Waals surface area contributed by atoms with Crippen LogP contribution in [-0.4, -0.2) is 19.1 Å². The summed E-state index contributed by atoms with van der Waals surface area (Å²) in [4.78, 5) is 4.51. The van der Waals surface area contributed by atoms with Gasteiger partial charge in [-0.15, -0.1) is 11.3 Å².